The first-order valence-electron chi connectivity index (χ1n) is 13.2. The molecule has 1 aromatic heterocycles. The van der Waals surface area contributed by atoms with Crippen LogP contribution < -0.4 is 9.64 Å². The first kappa shape index (κ1) is 25.0. The van der Waals surface area contributed by atoms with Crippen molar-refractivity contribution in [1.82, 2.24) is 14.9 Å². The molecule has 3 heterocycles. The standard InChI is InChI=1S/C28H38N4O4/c1-34-19-21-15-29-28(30-16-21)31-10-7-22(8-11-31)26-14-23(26)9-12-36-24-5-3-20(4-6-24)13-27(33)32-17-25(18-32)35-2/h3-6,15-16,22-23,25-26H,7-14,17-19H2,1-2H3/t23-,26-/m0/s1. The van der Waals surface area contributed by atoms with Crippen LogP contribution in [0.25, 0.3) is 0 Å². The topological polar surface area (TPSA) is 77.0 Å². The number of aromatic nitrogens is 2. The summed E-state index contributed by atoms with van der Waals surface area (Å²) in [6.07, 6.45) is 9.25. The summed E-state index contributed by atoms with van der Waals surface area (Å²) in [5, 5.41) is 0. The Bertz CT molecular complexity index is 986. The number of hydrogen-bond donors (Lipinski definition) is 0. The first-order valence-corrected chi connectivity index (χ1v) is 13.2. The Morgan fingerprint density at radius 3 is 2.42 bits per heavy atom. The van der Waals surface area contributed by atoms with Crippen molar-refractivity contribution in [2.75, 3.05) is 51.9 Å². The quantitative estimate of drug-likeness (QED) is 0.474. The molecule has 8 heteroatoms. The van der Waals surface area contributed by atoms with E-state index in [0.29, 0.717) is 26.1 Å². The molecule has 194 valence electrons. The van der Waals surface area contributed by atoms with E-state index in [4.69, 9.17) is 14.2 Å². The second-order valence-electron chi connectivity index (χ2n) is 10.4. The molecule has 1 saturated carbocycles. The SMILES string of the molecule is COCc1cnc(N2CCC([C@@H]3C[C@@H]3CCOc3ccc(CC(=O)N4CC(OC)C4)cc3)CC2)nc1. The lowest BCUT2D eigenvalue weighted by Gasteiger charge is -2.38. The maximum atomic E-state index is 12.3. The molecule has 1 aromatic carbocycles. The molecular weight excluding hydrogens is 456 g/mol. The molecule has 2 atom stereocenters. The lowest BCUT2D eigenvalue weighted by atomic mass is 9.90. The number of benzene rings is 1. The van der Waals surface area contributed by atoms with Crippen molar-refractivity contribution in [1.29, 1.82) is 0 Å². The Balaban J connectivity index is 0.976. The number of carbonyl (C=O) groups is 1. The second kappa shape index (κ2) is 11.6. The predicted molar refractivity (Wildman–Crippen MR) is 137 cm³/mol. The maximum Gasteiger partial charge on any atom is 0.227 e. The molecule has 2 aromatic rings. The van der Waals surface area contributed by atoms with Crippen LogP contribution in [0.2, 0.25) is 0 Å². The average molecular weight is 495 g/mol. The first-order chi connectivity index (χ1) is 17.6. The summed E-state index contributed by atoms with van der Waals surface area (Å²) in [6, 6.07) is 7.98. The molecule has 2 saturated heterocycles. The van der Waals surface area contributed by atoms with Crippen LogP contribution in [0.5, 0.6) is 5.75 Å². The van der Waals surface area contributed by atoms with Crippen LogP contribution in [0, 0.1) is 17.8 Å². The Morgan fingerprint density at radius 2 is 1.75 bits per heavy atom. The van der Waals surface area contributed by atoms with Crippen LogP contribution in [-0.4, -0.2) is 73.9 Å². The average Bonchev–Trinajstić information content (AvgIpc) is 3.65. The molecular formula is C28H38N4O4. The number of ether oxygens (including phenoxy) is 3. The summed E-state index contributed by atoms with van der Waals surface area (Å²) in [5.74, 6) is 4.32. The van der Waals surface area contributed by atoms with Crippen LogP contribution >= 0.6 is 0 Å². The van der Waals surface area contributed by atoms with Crippen LogP contribution in [0.15, 0.2) is 36.7 Å². The van der Waals surface area contributed by atoms with E-state index in [-0.39, 0.29) is 12.0 Å². The Morgan fingerprint density at radius 1 is 1.03 bits per heavy atom. The van der Waals surface area contributed by atoms with Gasteiger partial charge in [0.15, 0.2) is 0 Å². The largest absolute Gasteiger partial charge is 0.494 e. The van der Waals surface area contributed by atoms with Gasteiger partial charge in [-0.25, -0.2) is 9.97 Å². The molecule has 0 bridgehead atoms. The summed E-state index contributed by atoms with van der Waals surface area (Å²) >= 11 is 0. The van der Waals surface area contributed by atoms with Gasteiger partial charge in [0.05, 0.1) is 25.7 Å². The minimum absolute atomic E-state index is 0.162. The fourth-order valence-electron chi connectivity index (χ4n) is 5.57. The molecule has 36 heavy (non-hydrogen) atoms. The minimum Gasteiger partial charge on any atom is -0.494 e. The highest BCUT2D eigenvalue weighted by Crippen LogP contribution is 2.49. The zero-order chi connectivity index (χ0) is 24.9. The third kappa shape index (κ3) is 6.16. The van der Waals surface area contributed by atoms with Crippen LogP contribution in [-0.2, 0) is 27.3 Å². The van der Waals surface area contributed by atoms with Gasteiger partial charge in [0, 0.05) is 58.4 Å². The van der Waals surface area contributed by atoms with E-state index in [1.807, 2.05) is 41.6 Å². The minimum atomic E-state index is 0.162. The zero-order valence-electron chi connectivity index (χ0n) is 21.5. The van der Waals surface area contributed by atoms with Gasteiger partial charge < -0.3 is 24.0 Å². The van der Waals surface area contributed by atoms with E-state index in [1.54, 1.807) is 14.2 Å². The molecule has 0 spiro atoms. The van der Waals surface area contributed by atoms with Crippen molar-refractivity contribution in [3.05, 3.63) is 47.8 Å². The van der Waals surface area contributed by atoms with Gasteiger partial charge >= 0.3 is 0 Å². The third-order valence-corrected chi connectivity index (χ3v) is 7.98. The molecule has 5 rings (SSSR count). The molecule has 0 unspecified atom stereocenters. The number of carbonyl (C=O) groups excluding carboxylic acids is 1. The summed E-state index contributed by atoms with van der Waals surface area (Å²) in [5.41, 5.74) is 2.03. The number of piperidine rings is 1. The number of anilines is 1. The normalized spacial score (nSPS) is 22.4. The van der Waals surface area contributed by atoms with Crippen molar-refractivity contribution in [3.63, 3.8) is 0 Å². The van der Waals surface area contributed by atoms with Crippen molar-refractivity contribution in [2.24, 2.45) is 17.8 Å². The zero-order valence-corrected chi connectivity index (χ0v) is 21.5. The number of hydrogen-bond acceptors (Lipinski definition) is 7. The van der Waals surface area contributed by atoms with Gasteiger partial charge in [0.25, 0.3) is 0 Å². The fourth-order valence-corrected chi connectivity index (χ4v) is 5.57. The Labute approximate surface area is 214 Å². The molecule has 3 fully saturated rings. The van der Waals surface area contributed by atoms with Gasteiger partial charge in [-0.1, -0.05) is 12.1 Å². The summed E-state index contributed by atoms with van der Waals surface area (Å²) in [6.45, 7) is 4.79. The summed E-state index contributed by atoms with van der Waals surface area (Å²) < 4.78 is 16.4. The summed E-state index contributed by atoms with van der Waals surface area (Å²) in [4.78, 5) is 25.5. The van der Waals surface area contributed by atoms with E-state index in [2.05, 4.69) is 14.9 Å². The highest BCUT2D eigenvalue weighted by molar-refractivity contribution is 5.79. The van der Waals surface area contributed by atoms with E-state index in [0.717, 1.165) is 66.7 Å². The number of nitrogens with zero attached hydrogens (tertiary/aromatic N) is 4. The number of rotatable bonds is 11. The maximum absolute atomic E-state index is 12.3. The number of amides is 1. The van der Waals surface area contributed by atoms with E-state index < -0.39 is 0 Å². The predicted octanol–water partition coefficient (Wildman–Crippen LogP) is 3.34. The van der Waals surface area contributed by atoms with E-state index in [1.165, 1.54) is 19.3 Å². The van der Waals surface area contributed by atoms with Crippen molar-refractivity contribution >= 4 is 11.9 Å². The fraction of sp³-hybridized carbons (Fsp3) is 0.607. The Hall–Kier alpha value is -2.71. The van der Waals surface area contributed by atoms with Crippen LogP contribution in [0.4, 0.5) is 5.95 Å². The highest BCUT2D eigenvalue weighted by atomic mass is 16.5. The van der Waals surface area contributed by atoms with Crippen molar-refractivity contribution < 1.29 is 19.0 Å². The molecule has 0 N–H and O–H groups in total. The lowest BCUT2D eigenvalue weighted by molar-refractivity contribution is -0.142. The van der Waals surface area contributed by atoms with Gasteiger partial charge in [-0.05, 0) is 61.1 Å². The second-order valence-corrected chi connectivity index (χ2v) is 10.4. The Kier molecular flexibility index (Phi) is 8.02. The lowest BCUT2D eigenvalue weighted by Crippen LogP contribution is -2.54. The molecule has 1 amide bonds. The molecule has 8 nitrogen and oxygen atoms in total. The van der Waals surface area contributed by atoms with Crippen molar-refractivity contribution in [3.8, 4) is 5.75 Å². The van der Waals surface area contributed by atoms with E-state index in [9.17, 15) is 4.79 Å². The van der Waals surface area contributed by atoms with Gasteiger partial charge in [-0.2, -0.15) is 0 Å². The van der Waals surface area contributed by atoms with Gasteiger partial charge in [0.1, 0.15) is 5.75 Å². The molecule has 3 aliphatic rings. The molecule has 2 aliphatic heterocycles. The van der Waals surface area contributed by atoms with Crippen LogP contribution in [0.1, 0.15) is 36.8 Å². The van der Waals surface area contributed by atoms with Gasteiger partial charge in [0.2, 0.25) is 11.9 Å². The number of likely N-dealkylation sites (tertiary alicyclic amines) is 1. The third-order valence-electron chi connectivity index (χ3n) is 7.98. The van der Waals surface area contributed by atoms with Gasteiger partial charge in [-0.15, -0.1) is 0 Å². The number of methoxy groups -OCH3 is 2. The van der Waals surface area contributed by atoms with Gasteiger partial charge in [-0.3, -0.25) is 4.79 Å². The highest BCUT2D eigenvalue weighted by Gasteiger charge is 2.43. The van der Waals surface area contributed by atoms with E-state index >= 15 is 0 Å². The van der Waals surface area contributed by atoms with Crippen LogP contribution in [0.3, 0.4) is 0 Å². The molecule has 1 aliphatic carbocycles. The van der Waals surface area contributed by atoms with Crippen molar-refractivity contribution in [2.45, 2.75) is 44.8 Å². The monoisotopic (exact) mass is 494 g/mol. The molecule has 0 radical (unpaired) electrons. The smallest absolute Gasteiger partial charge is 0.227 e. The summed E-state index contributed by atoms with van der Waals surface area (Å²) in [7, 11) is 3.38.